The summed E-state index contributed by atoms with van der Waals surface area (Å²) in [6, 6.07) is 0. The van der Waals surface area contributed by atoms with E-state index in [-0.39, 0.29) is 78.5 Å². The van der Waals surface area contributed by atoms with Gasteiger partial charge in [-0.05, 0) is 27.7 Å². The van der Waals surface area contributed by atoms with Crippen LogP contribution < -0.4 is 0 Å². The van der Waals surface area contributed by atoms with Gasteiger partial charge in [0.1, 0.15) is 0 Å². The number of nitrogens with zero attached hydrogens (tertiary/aromatic N) is 1. The Morgan fingerprint density at radius 3 is 1.24 bits per heavy atom. The van der Waals surface area contributed by atoms with Crippen LogP contribution in [0.4, 0.5) is 0 Å². The Morgan fingerprint density at radius 1 is 0.760 bits per heavy atom. The zero-order valence-electron chi connectivity index (χ0n) is 15.7. The molecule has 0 amide bonds. The van der Waals surface area contributed by atoms with Crippen molar-refractivity contribution in [2.24, 2.45) is 0 Å². The van der Waals surface area contributed by atoms with Crippen LogP contribution in [-0.2, 0) is 40.8 Å². The van der Waals surface area contributed by atoms with Crippen LogP contribution in [0.15, 0.2) is 0 Å². The van der Waals surface area contributed by atoms with Crippen molar-refractivity contribution >= 4 is 11.9 Å². The molecule has 8 nitrogen and oxygen atoms in total. The van der Waals surface area contributed by atoms with Crippen LogP contribution in [0.3, 0.4) is 0 Å². The number of rotatable bonds is 11. The number of esters is 2. The van der Waals surface area contributed by atoms with Gasteiger partial charge in [-0.1, -0.05) is 0 Å². The van der Waals surface area contributed by atoms with Crippen molar-refractivity contribution in [3.63, 3.8) is 0 Å². The fourth-order valence-corrected chi connectivity index (χ4v) is 1.61. The minimum atomic E-state index is -0.360. The van der Waals surface area contributed by atoms with Gasteiger partial charge in [-0.25, -0.2) is 0 Å². The zero-order valence-corrected chi connectivity index (χ0v) is 17.3. The van der Waals surface area contributed by atoms with Crippen molar-refractivity contribution in [3.05, 3.63) is 0 Å². The first kappa shape index (κ1) is 29.3. The molecule has 0 aliphatic heterocycles. The Balaban J connectivity index is -0.000000392. The molecule has 0 fully saturated rings. The summed E-state index contributed by atoms with van der Waals surface area (Å²) in [5.41, 5.74) is 0. The summed E-state index contributed by atoms with van der Waals surface area (Å²) in [4.78, 5) is 23.8. The summed E-state index contributed by atoms with van der Waals surface area (Å²) >= 11 is 0. The van der Waals surface area contributed by atoms with Gasteiger partial charge in [-0.2, -0.15) is 0 Å². The molecule has 0 aromatic rings. The maximum Gasteiger partial charge on any atom is 0.306 e. The number of hydrogen-bond acceptors (Lipinski definition) is 8. The van der Waals surface area contributed by atoms with E-state index in [4.69, 9.17) is 24.8 Å². The summed E-state index contributed by atoms with van der Waals surface area (Å²) in [6.07, 6.45) is -0.0970. The van der Waals surface area contributed by atoms with Crippen molar-refractivity contribution in [1.29, 1.82) is 0 Å². The third-order valence-corrected chi connectivity index (χ3v) is 2.52. The first-order chi connectivity index (χ1) is 11.3. The molecule has 9 heteroatoms. The van der Waals surface area contributed by atoms with Gasteiger partial charge in [-0.15, -0.1) is 0 Å². The zero-order chi connectivity index (χ0) is 19.0. The number of carbonyl (C=O) groups excluding carboxylic acids is 2. The van der Waals surface area contributed by atoms with Crippen molar-refractivity contribution in [2.45, 2.75) is 52.7 Å². The third-order valence-electron chi connectivity index (χ3n) is 2.52. The molecule has 148 valence electrons. The van der Waals surface area contributed by atoms with E-state index in [2.05, 4.69) is 0 Å². The van der Waals surface area contributed by atoms with Gasteiger partial charge < -0.3 is 24.8 Å². The molecular weight excluding hydrogens is 366 g/mol. The maximum absolute atomic E-state index is 11.0. The van der Waals surface area contributed by atoms with Gasteiger partial charge in [0.2, 0.25) is 0 Å². The predicted molar refractivity (Wildman–Crippen MR) is 89.4 cm³/mol. The Morgan fingerprint density at radius 2 is 1.04 bits per heavy atom. The van der Waals surface area contributed by atoms with Crippen LogP contribution in [0.5, 0.6) is 0 Å². The van der Waals surface area contributed by atoms with E-state index in [1.54, 1.807) is 32.6 Å². The largest absolute Gasteiger partial charge is 0.463 e. The molecule has 0 saturated heterocycles. The summed E-state index contributed by atoms with van der Waals surface area (Å²) in [5, 5.41) is 25.5. The fraction of sp³-hybridized carbons (Fsp3) is 0.875. The topological polar surface area (TPSA) is 117 Å². The molecule has 0 aliphatic carbocycles. The van der Waals surface area contributed by atoms with Crippen molar-refractivity contribution in [2.75, 3.05) is 39.5 Å². The average molecular weight is 399 g/mol. The molecule has 0 atom stereocenters. The van der Waals surface area contributed by atoms with Gasteiger partial charge in [0.05, 0.1) is 44.9 Å². The van der Waals surface area contributed by atoms with E-state index in [0.29, 0.717) is 19.6 Å². The van der Waals surface area contributed by atoms with E-state index in [1.165, 1.54) is 0 Å². The van der Waals surface area contributed by atoms with Crippen LogP contribution in [0.2, 0.25) is 0 Å². The van der Waals surface area contributed by atoms with E-state index in [9.17, 15) is 9.59 Å². The quantitative estimate of drug-likeness (QED) is 0.327. The van der Waals surface area contributed by atoms with E-state index >= 15 is 0 Å². The normalized spacial score (nSPS) is 10.2. The first-order valence-corrected chi connectivity index (χ1v) is 8.20. The summed E-state index contributed by atoms with van der Waals surface area (Å²) in [6.45, 7) is 8.83. The van der Waals surface area contributed by atoms with Crippen LogP contribution in [0, 0.1) is 0 Å². The standard InChI is InChI=1S/C10H18O4.C6H15NO3.Ti/c1-7(2)13-9(11)5-6-10(12)14-8(3)4;8-4-1-7(2-5-9)3-6-10;/h7-8H,5-6H2,1-4H3;8-10H,1-6H2;. The van der Waals surface area contributed by atoms with Gasteiger partial charge in [0.25, 0.3) is 0 Å². The minimum Gasteiger partial charge on any atom is -0.463 e. The van der Waals surface area contributed by atoms with Crippen LogP contribution in [-0.4, -0.2) is 83.8 Å². The van der Waals surface area contributed by atoms with Crippen LogP contribution in [0.25, 0.3) is 0 Å². The van der Waals surface area contributed by atoms with E-state index in [1.807, 2.05) is 0 Å². The summed E-state index contributed by atoms with van der Waals surface area (Å²) in [7, 11) is 0. The van der Waals surface area contributed by atoms with Crippen molar-refractivity contribution < 1.29 is 56.1 Å². The molecule has 0 aromatic carbocycles. The van der Waals surface area contributed by atoms with Crippen molar-refractivity contribution in [3.8, 4) is 0 Å². The predicted octanol–water partition coefficient (Wildman–Crippen LogP) is -0.0674. The molecule has 0 bridgehead atoms. The second-order valence-corrected chi connectivity index (χ2v) is 5.59. The van der Waals surface area contributed by atoms with Gasteiger partial charge in [0, 0.05) is 41.4 Å². The molecule has 0 radical (unpaired) electrons. The SMILES string of the molecule is CC(C)OC(=O)CCC(=O)OC(C)C.OCCN(CCO)CCO.[Ti]. The van der Waals surface area contributed by atoms with E-state index < -0.39 is 0 Å². The maximum atomic E-state index is 11.0. The number of hydrogen-bond donors (Lipinski definition) is 3. The molecule has 0 aliphatic rings. The molecule has 25 heavy (non-hydrogen) atoms. The Kier molecular flexibility index (Phi) is 23.2. The van der Waals surface area contributed by atoms with Gasteiger partial charge in [0.15, 0.2) is 0 Å². The molecule has 0 saturated carbocycles. The molecule has 0 spiro atoms. The molecule has 0 rings (SSSR count). The molecule has 0 unspecified atom stereocenters. The number of carbonyl (C=O) groups is 2. The number of aliphatic hydroxyl groups is 3. The molecular formula is C16H33NO7Ti. The average Bonchev–Trinajstić information content (AvgIpc) is 2.45. The van der Waals surface area contributed by atoms with Gasteiger partial charge >= 0.3 is 11.9 Å². The number of aliphatic hydroxyl groups excluding tert-OH is 3. The minimum absolute atomic E-state index is 0. The Labute approximate surface area is 165 Å². The third kappa shape index (κ3) is 23.5. The van der Waals surface area contributed by atoms with Crippen LogP contribution >= 0.6 is 0 Å². The molecule has 3 N–H and O–H groups in total. The second kappa shape index (κ2) is 19.8. The summed E-state index contributed by atoms with van der Waals surface area (Å²) in [5.74, 6) is -0.721. The Bertz CT molecular complexity index is 291. The monoisotopic (exact) mass is 399 g/mol. The fourth-order valence-electron chi connectivity index (χ4n) is 1.61. The van der Waals surface area contributed by atoms with Crippen molar-refractivity contribution in [1.82, 2.24) is 4.90 Å². The van der Waals surface area contributed by atoms with Gasteiger partial charge in [-0.3, -0.25) is 14.5 Å². The van der Waals surface area contributed by atoms with E-state index in [0.717, 1.165) is 0 Å². The molecule has 0 aromatic heterocycles. The second-order valence-electron chi connectivity index (χ2n) is 5.59. The smallest absolute Gasteiger partial charge is 0.306 e. The summed E-state index contributed by atoms with van der Waals surface area (Å²) < 4.78 is 9.72. The first-order valence-electron chi connectivity index (χ1n) is 8.20. The van der Waals surface area contributed by atoms with Crippen LogP contribution in [0.1, 0.15) is 40.5 Å². The number of ether oxygens (including phenoxy) is 2. The molecule has 0 heterocycles. The Hall–Kier alpha value is -0.506.